The van der Waals surface area contributed by atoms with E-state index in [1.54, 1.807) is 0 Å². The van der Waals surface area contributed by atoms with E-state index < -0.39 is 24.0 Å². The number of hydrogen-bond acceptors (Lipinski definition) is 5. The summed E-state index contributed by atoms with van der Waals surface area (Å²) in [7, 11) is 0. The van der Waals surface area contributed by atoms with Gasteiger partial charge in [-0.25, -0.2) is 4.79 Å². The first-order chi connectivity index (χ1) is 16.5. The number of rotatable bonds is 9. The number of ether oxygens (including phenoxy) is 2. The molecule has 3 N–H and O–H groups in total. The number of benzene rings is 2. The SMILES string of the molecule is CCC[C@@H](NC(=O)OCC1c2ccccc2-c2ccccc21)C(=O)NCC1CC(C(=O)O)CO1. The van der Waals surface area contributed by atoms with Crippen LogP contribution in [0.25, 0.3) is 11.1 Å². The predicted octanol–water partition coefficient (Wildman–Crippen LogP) is 3.30. The summed E-state index contributed by atoms with van der Waals surface area (Å²) >= 11 is 0. The smallest absolute Gasteiger partial charge is 0.407 e. The minimum Gasteiger partial charge on any atom is -0.481 e. The molecule has 0 saturated carbocycles. The van der Waals surface area contributed by atoms with Crippen LogP contribution < -0.4 is 10.6 Å². The van der Waals surface area contributed by atoms with Crippen LogP contribution >= 0.6 is 0 Å². The number of nitrogens with one attached hydrogen (secondary N) is 2. The summed E-state index contributed by atoms with van der Waals surface area (Å²) in [6.07, 6.45) is 0.524. The van der Waals surface area contributed by atoms with E-state index in [-0.39, 0.29) is 37.7 Å². The minimum absolute atomic E-state index is 0.0571. The molecule has 1 heterocycles. The molecule has 180 valence electrons. The van der Waals surface area contributed by atoms with Crippen molar-refractivity contribution in [1.82, 2.24) is 10.6 Å². The van der Waals surface area contributed by atoms with Gasteiger partial charge >= 0.3 is 12.1 Å². The molecule has 8 heteroatoms. The zero-order valence-corrected chi connectivity index (χ0v) is 19.2. The highest BCUT2D eigenvalue weighted by Gasteiger charge is 2.32. The van der Waals surface area contributed by atoms with Gasteiger partial charge in [-0.15, -0.1) is 0 Å². The quantitative estimate of drug-likeness (QED) is 0.523. The van der Waals surface area contributed by atoms with Gasteiger partial charge in [0, 0.05) is 12.5 Å². The van der Waals surface area contributed by atoms with E-state index in [4.69, 9.17) is 14.6 Å². The van der Waals surface area contributed by atoms with Crippen LogP contribution in [0, 0.1) is 5.92 Å². The van der Waals surface area contributed by atoms with E-state index in [1.807, 2.05) is 31.2 Å². The number of carbonyl (C=O) groups excluding carboxylic acids is 2. The Morgan fingerprint density at radius 1 is 1.09 bits per heavy atom. The number of carbonyl (C=O) groups is 3. The Hall–Kier alpha value is -3.39. The summed E-state index contributed by atoms with van der Waals surface area (Å²) in [5, 5.41) is 14.5. The van der Waals surface area contributed by atoms with Gasteiger partial charge in [-0.3, -0.25) is 9.59 Å². The fraction of sp³-hybridized carbons (Fsp3) is 0.423. The van der Waals surface area contributed by atoms with Crippen LogP contribution in [0.4, 0.5) is 4.79 Å². The van der Waals surface area contributed by atoms with Crippen molar-refractivity contribution in [2.24, 2.45) is 5.92 Å². The van der Waals surface area contributed by atoms with Crippen LogP contribution in [-0.4, -0.2) is 55.0 Å². The maximum atomic E-state index is 12.7. The minimum atomic E-state index is -0.894. The number of alkyl carbamates (subject to hydrolysis) is 1. The lowest BCUT2D eigenvalue weighted by molar-refractivity contribution is -0.141. The van der Waals surface area contributed by atoms with Gasteiger partial charge in [-0.1, -0.05) is 61.9 Å². The highest BCUT2D eigenvalue weighted by atomic mass is 16.5. The summed E-state index contributed by atoms with van der Waals surface area (Å²) in [6, 6.07) is 15.5. The Kier molecular flexibility index (Phi) is 7.47. The molecule has 2 aromatic carbocycles. The van der Waals surface area contributed by atoms with Gasteiger partial charge in [0.1, 0.15) is 12.6 Å². The number of amides is 2. The van der Waals surface area contributed by atoms with E-state index in [0.29, 0.717) is 19.3 Å². The lowest BCUT2D eigenvalue weighted by Crippen LogP contribution is -2.48. The summed E-state index contributed by atoms with van der Waals surface area (Å²) in [6.45, 7) is 2.45. The Bertz CT molecular complexity index is 1010. The molecule has 34 heavy (non-hydrogen) atoms. The van der Waals surface area contributed by atoms with Crippen molar-refractivity contribution in [2.45, 2.75) is 44.2 Å². The van der Waals surface area contributed by atoms with Crippen molar-refractivity contribution < 1.29 is 29.0 Å². The average Bonchev–Trinajstić information content (AvgIpc) is 3.44. The number of carboxylic acid groups (broad SMARTS) is 1. The largest absolute Gasteiger partial charge is 0.481 e. The second kappa shape index (κ2) is 10.7. The maximum absolute atomic E-state index is 12.7. The monoisotopic (exact) mass is 466 g/mol. The second-order valence-electron chi connectivity index (χ2n) is 8.78. The third kappa shape index (κ3) is 5.22. The molecule has 0 spiro atoms. The van der Waals surface area contributed by atoms with Gasteiger partial charge in [0.05, 0.1) is 18.6 Å². The zero-order chi connectivity index (χ0) is 24.1. The molecule has 0 radical (unpaired) electrons. The number of hydrogen-bond donors (Lipinski definition) is 3. The van der Waals surface area contributed by atoms with Crippen molar-refractivity contribution in [2.75, 3.05) is 19.8 Å². The summed E-state index contributed by atoms with van der Waals surface area (Å²) in [4.78, 5) is 36.3. The van der Waals surface area contributed by atoms with Gasteiger partial charge < -0.3 is 25.2 Å². The topological polar surface area (TPSA) is 114 Å². The molecule has 8 nitrogen and oxygen atoms in total. The average molecular weight is 467 g/mol. The van der Waals surface area contributed by atoms with Crippen molar-refractivity contribution in [3.63, 3.8) is 0 Å². The molecule has 2 aromatic rings. The van der Waals surface area contributed by atoms with Gasteiger partial charge in [0.2, 0.25) is 5.91 Å². The molecule has 0 bridgehead atoms. The Balaban J connectivity index is 1.31. The molecule has 2 unspecified atom stereocenters. The van der Waals surface area contributed by atoms with Gasteiger partial charge in [0.25, 0.3) is 0 Å². The summed E-state index contributed by atoms with van der Waals surface area (Å²) in [5.74, 6) is -1.84. The maximum Gasteiger partial charge on any atom is 0.407 e. The molecule has 3 atom stereocenters. The third-order valence-corrected chi connectivity index (χ3v) is 6.46. The summed E-state index contributed by atoms with van der Waals surface area (Å²) < 4.78 is 11.0. The fourth-order valence-corrected chi connectivity index (χ4v) is 4.70. The van der Waals surface area contributed by atoms with Gasteiger partial charge in [-0.2, -0.15) is 0 Å². The number of carboxylic acids is 1. The highest BCUT2D eigenvalue weighted by Crippen LogP contribution is 2.44. The number of aliphatic carboxylic acids is 1. The summed E-state index contributed by atoms with van der Waals surface area (Å²) in [5.41, 5.74) is 4.54. The first-order valence-electron chi connectivity index (χ1n) is 11.7. The fourth-order valence-electron chi connectivity index (χ4n) is 4.70. The van der Waals surface area contributed by atoms with Crippen molar-refractivity contribution >= 4 is 18.0 Å². The predicted molar refractivity (Wildman–Crippen MR) is 125 cm³/mol. The number of fused-ring (bicyclic) bond motifs is 3. The third-order valence-electron chi connectivity index (χ3n) is 6.46. The van der Waals surface area contributed by atoms with Crippen LogP contribution in [0.2, 0.25) is 0 Å². The van der Waals surface area contributed by atoms with E-state index in [9.17, 15) is 14.4 Å². The standard InChI is InChI=1S/C26H30N2O6/c1-2-7-23(24(29)27-13-17-12-16(14-33-17)25(30)31)28-26(32)34-15-22-20-10-5-3-8-18(20)19-9-4-6-11-21(19)22/h3-6,8-11,16-17,22-23H,2,7,12-15H2,1H3,(H,27,29)(H,28,32)(H,30,31)/t16?,17?,23-/m1/s1. The van der Waals surface area contributed by atoms with Gasteiger partial charge in [0.15, 0.2) is 0 Å². The molecular weight excluding hydrogens is 436 g/mol. The molecule has 1 fully saturated rings. The van der Waals surface area contributed by atoms with Gasteiger partial charge in [-0.05, 0) is 35.1 Å². The van der Waals surface area contributed by atoms with Crippen LogP contribution in [-0.2, 0) is 19.1 Å². The van der Waals surface area contributed by atoms with Crippen LogP contribution in [0.15, 0.2) is 48.5 Å². The van der Waals surface area contributed by atoms with E-state index in [2.05, 4.69) is 34.9 Å². The van der Waals surface area contributed by atoms with Crippen molar-refractivity contribution in [1.29, 1.82) is 0 Å². The normalized spacial score (nSPS) is 19.7. The van der Waals surface area contributed by atoms with Crippen molar-refractivity contribution in [3.8, 4) is 11.1 Å². The lowest BCUT2D eigenvalue weighted by atomic mass is 9.98. The molecule has 2 aliphatic rings. The lowest BCUT2D eigenvalue weighted by Gasteiger charge is -2.20. The van der Waals surface area contributed by atoms with Crippen LogP contribution in [0.5, 0.6) is 0 Å². The van der Waals surface area contributed by atoms with E-state index in [1.165, 1.54) is 0 Å². The first-order valence-corrected chi connectivity index (χ1v) is 11.7. The molecular formula is C26H30N2O6. The van der Waals surface area contributed by atoms with Crippen molar-refractivity contribution in [3.05, 3.63) is 59.7 Å². The Morgan fingerprint density at radius 3 is 2.32 bits per heavy atom. The molecule has 1 saturated heterocycles. The Labute approximate surface area is 198 Å². The second-order valence-corrected chi connectivity index (χ2v) is 8.78. The highest BCUT2D eigenvalue weighted by molar-refractivity contribution is 5.85. The molecule has 1 aliphatic heterocycles. The molecule has 0 aromatic heterocycles. The molecule has 4 rings (SSSR count). The first kappa shape index (κ1) is 23.8. The van der Waals surface area contributed by atoms with Crippen LogP contribution in [0.3, 0.4) is 0 Å². The zero-order valence-electron chi connectivity index (χ0n) is 19.2. The molecule has 2 amide bonds. The Morgan fingerprint density at radius 2 is 1.74 bits per heavy atom. The molecule has 1 aliphatic carbocycles. The van der Waals surface area contributed by atoms with Crippen LogP contribution in [0.1, 0.15) is 43.2 Å². The van der Waals surface area contributed by atoms with E-state index >= 15 is 0 Å². The van der Waals surface area contributed by atoms with E-state index in [0.717, 1.165) is 22.3 Å².